The highest BCUT2D eigenvalue weighted by Crippen LogP contribution is 2.44. The first-order valence-electron chi connectivity index (χ1n) is 5.86. The lowest BCUT2D eigenvalue weighted by molar-refractivity contribution is -0.126. The van der Waals surface area contributed by atoms with Crippen molar-refractivity contribution >= 4 is 5.91 Å². The van der Waals surface area contributed by atoms with Crippen LogP contribution < -0.4 is 11.1 Å². The lowest BCUT2D eigenvalue weighted by atomic mass is 10.1. The van der Waals surface area contributed by atoms with E-state index in [9.17, 15) is 4.79 Å². The van der Waals surface area contributed by atoms with Gasteiger partial charge in [0.2, 0.25) is 5.91 Å². The van der Waals surface area contributed by atoms with Gasteiger partial charge in [0.15, 0.2) is 0 Å². The molecule has 0 aromatic rings. The Labute approximate surface area is 91.2 Å². The fourth-order valence-corrected chi connectivity index (χ4v) is 2.31. The molecular formula is C11H21N3O. The average molecular weight is 211 g/mol. The van der Waals surface area contributed by atoms with Crippen molar-refractivity contribution in [2.75, 3.05) is 26.7 Å². The second-order valence-electron chi connectivity index (χ2n) is 4.97. The van der Waals surface area contributed by atoms with Gasteiger partial charge in [0, 0.05) is 19.1 Å². The van der Waals surface area contributed by atoms with E-state index in [4.69, 9.17) is 5.73 Å². The third-order valence-corrected chi connectivity index (χ3v) is 3.90. The number of nitrogens with one attached hydrogen (secondary N) is 1. The van der Waals surface area contributed by atoms with Gasteiger partial charge in [-0.1, -0.05) is 0 Å². The van der Waals surface area contributed by atoms with Crippen molar-refractivity contribution in [3.8, 4) is 0 Å². The highest BCUT2D eigenvalue weighted by molar-refractivity contribution is 5.85. The van der Waals surface area contributed by atoms with Gasteiger partial charge in [-0.2, -0.15) is 0 Å². The minimum atomic E-state index is -0.197. The zero-order valence-electron chi connectivity index (χ0n) is 9.46. The van der Waals surface area contributed by atoms with E-state index in [-0.39, 0.29) is 11.3 Å². The number of likely N-dealkylation sites (N-methyl/N-ethyl adjacent to an activating group) is 1. The van der Waals surface area contributed by atoms with E-state index in [2.05, 4.69) is 17.3 Å². The molecular weight excluding hydrogens is 190 g/mol. The van der Waals surface area contributed by atoms with E-state index in [1.54, 1.807) is 0 Å². The van der Waals surface area contributed by atoms with Crippen molar-refractivity contribution in [1.29, 1.82) is 0 Å². The van der Waals surface area contributed by atoms with Crippen LogP contribution in [0.3, 0.4) is 0 Å². The predicted octanol–water partition coefficient (Wildman–Crippen LogP) is -0.0643. The minimum absolute atomic E-state index is 0.172. The first-order chi connectivity index (χ1) is 7.18. The van der Waals surface area contributed by atoms with Crippen LogP contribution in [0.2, 0.25) is 0 Å². The van der Waals surface area contributed by atoms with Gasteiger partial charge in [0.1, 0.15) is 0 Å². The molecule has 1 atom stereocenters. The van der Waals surface area contributed by atoms with Gasteiger partial charge < -0.3 is 16.0 Å². The summed E-state index contributed by atoms with van der Waals surface area (Å²) in [5, 5.41) is 3.05. The number of nitrogens with two attached hydrogens (primary N) is 1. The molecule has 4 heteroatoms. The molecule has 0 aromatic carbocycles. The fourth-order valence-electron chi connectivity index (χ4n) is 2.31. The summed E-state index contributed by atoms with van der Waals surface area (Å²) < 4.78 is 0. The monoisotopic (exact) mass is 211 g/mol. The third kappa shape index (κ3) is 2.16. The number of hydrogen-bond acceptors (Lipinski definition) is 3. The molecule has 0 spiro atoms. The van der Waals surface area contributed by atoms with Crippen LogP contribution in [0.1, 0.15) is 25.7 Å². The minimum Gasteiger partial charge on any atom is -0.354 e. The highest BCUT2D eigenvalue weighted by Gasteiger charge is 2.48. The molecule has 2 rings (SSSR count). The zero-order valence-corrected chi connectivity index (χ0v) is 9.46. The lowest BCUT2D eigenvalue weighted by Crippen LogP contribution is -2.43. The van der Waals surface area contributed by atoms with Crippen LogP contribution in [-0.2, 0) is 4.79 Å². The summed E-state index contributed by atoms with van der Waals surface area (Å²) in [4.78, 5) is 14.1. The molecule has 2 fully saturated rings. The van der Waals surface area contributed by atoms with E-state index >= 15 is 0 Å². The summed E-state index contributed by atoms with van der Waals surface area (Å²) >= 11 is 0. The van der Waals surface area contributed by atoms with Crippen LogP contribution in [-0.4, -0.2) is 43.5 Å². The van der Waals surface area contributed by atoms with Crippen molar-refractivity contribution in [3.63, 3.8) is 0 Å². The highest BCUT2D eigenvalue weighted by atomic mass is 16.2. The Hall–Kier alpha value is -0.610. The van der Waals surface area contributed by atoms with Crippen LogP contribution >= 0.6 is 0 Å². The molecule has 1 saturated heterocycles. The number of carbonyl (C=O) groups excluding carboxylic acids is 1. The molecule has 1 saturated carbocycles. The topological polar surface area (TPSA) is 58.4 Å². The fraction of sp³-hybridized carbons (Fsp3) is 0.909. The summed E-state index contributed by atoms with van der Waals surface area (Å²) in [5.74, 6) is 0.172. The largest absolute Gasteiger partial charge is 0.354 e. The normalized spacial score (nSPS) is 29.1. The molecule has 1 heterocycles. The van der Waals surface area contributed by atoms with E-state index in [1.165, 1.54) is 12.8 Å². The van der Waals surface area contributed by atoms with Crippen molar-refractivity contribution < 1.29 is 4.79 Å². The second-order valence-corrected chi connectivity index (χ2v) is 4.97. The summed E-state index contributed by atoms with van der Waals surface area (Å²) in [7, 11) is 2.12. The molecule has 86 valence electrons. The molecule has 1 aliphatic heterocycles. The molecule has 0 bridgehead atoms. The van der Waals surface area contributed by atoms with E-state index in [0.717, 1.165) is 25.9 Å². The van der Waals surface area contributed by atoms with Crippen LogP contribution in [0.15, 0.2) is 0 Å². The molecule has 1 unspecified atom stereocenters. The lowest BCUT2D eigenvalue weighted by Gasteiger charge is -2.21. The van der Waals surface area contributed by atoms with E-state index < -0.39 is 0 Å². The Morgan fingerprint density at radius 3 is 2.80 bits per heavy atom. The molecule has 3 N–H and O–H groups in total. The number of hydrogen-bond donors (Lipinski definition) is 2. The number of amides is 1. The maximum absolute atomic E-state index is 11.8. The van der Waals surface area contributed by atoms with Crippen LogP contribution in [0.25, 0.3) is 0 Å². The Balaban J connectivity index is 1.76. The smallest absolute Gasteiger partial charge is 0.227 e. The van der Waals surface area contributed by atoms with Gasteiger partial charge in [-0.25, -0.2) is 0 Å². The van der Waals surface area contributed by atoms with Crippen molar-refractivity contribution in [3.05, 3.63) is 0 Å². The average Bonchev–Trinajstić information content (AvgIpc) is 2.94. The molecule has 15 heavy (non-hydrogen) atoms. The summed E-state index contributed by atoms with van der Waals surface area (Å²) in [6.45, 7) is 2.44. The van der Waals surface area contributed by atoms with Gasteiger partial charge >= 0.3 is 0 Å². The van der Waals surface area contributed by atoms with Gasteiger partial charge in [0.25, 0.3) is 0 Å². The van der Waals surface area contributed by atoms with Crippen LogP contribution in [0, 0.1) is 5.41 Å². The quantitative estimate of drug-likeness (QED) is 0.684. The van der Waals surface area contributed by atoms with E-state index in [0.29, 0.717) is 12.6 Å². The number of likely N-dealkylation sites (tertiary alicyclic amines) is 1. The summed E-state index contributed by atoms with van der Waals surface area (Å²) in [6, 6.07) is 0.530. The molecule has 4 nitrogen and oxygen atoms in total. The van der Waals surface area contributed by atoms with Crippen LogP contribution in [0.5, 0.6) is 0 Å². The number of carbonyl (C=O) groups is 1. The molecule has 0 aromatic heterocycles. The van der Waals surface area contributed by atoms with Gasteiger partial charge in [-0.3, -0.25) is 4.79 Å². The van der Waals surface area contributed by atoms with Crippen LogP contribution in [0.4, 0.5) is 0 Å². The van der Waals surface area contributed by atoms with Gasteiger partial charge in [-0.15, -0.1) is 0 Å². The van der Waals surface area contributed by atoms with Crippen molar-refractivity contribution in [1.82, 2.24) is 10.2 Å². The van der Waals surface area contributed by atoms with Crippen molar-refractivity contribution in [2.45, 2.75) is 31.7 Å². The zero-order chi connectivity index (χ0) is 10.9. The Morgan fingerprint density at radius 1 is 1.60 bits per heavy atom. The standard InChI is InChI=1S/C11H21N3O/c1-14-6-2-3-9(14)7-13-10(15)11(8-12)4-5-11/h9H,2-8,12H2,1H3,(H,13,15). The summed E-state index contributed by atoms with van der Waals surface area (Å²) in [6.07, 6.45) is 4.39. The number of nitrogens with zero attached hydrogens (tertiary/aromatic N) is 1. The van der Waals surface area contributed by atoms with Gasteiger partial charge in [0.05, 0.1) is 5.41 Å². The Morgan fingerprint density at radius 2 is 2.33 bits per heavy atom. The molecule has 0 radical (unpaired) electrons. The van der Waals surface area contributed by atoms with Gasteiger partial charge in [-0.05, 0) is 39.3 Å². The maximum Gasteiger partial charge on any atom is 0.227 e. The third-order valence-electron chi connectivity index (χ3n) is 3.90. The number of rotatable bonds is 4. The summed E-state index contributed by atoms with van der Waals surface area (Å²) in [5.41, 5.74) is 5.41. The second kappa shape index (κ2) is 4.10. The maximum atomic E-state index is 11.8. The van der Waals surface area contributed by atoms with Crippen molar-refractivity contribution in [2.24, 2.45) is 11.1 Å². The first-order valence-corrected chi connectivity index (χ1v) is 5.86. The Kier molecular flexibility index (Phi) is 2.98. The molecule has 2 aliphatic rings. The predicted molar refractivity (Wildman–Crippen MR) is 59.4 cm³/mol. The molecule has 1 aliphatic carbocycles. The first kappa shape index (κ1) is 10.9. The SMILES string of the molecule is CN1CCCC1CNC(=O)C1(CN)CC1. The molecule has 1 amide bonds. The Bertz CT molecular complexity index is 250. The van der Waals surface area contributed by atoms with E-state index in [1.807, 2.05) is 0 Å².